The second-order valence-corrected chi connectivity index (χ2v) is 23.1. The molecule has 7 heteroatoms. The Morgan fingerprint density at radius 1 is 0.688 bits per heavy atom. The molecule has 0 aromatic heterocycles. The Labute approximate surface area is 291 Å². The van der Waals surface area contributed by atoms with Crippen molar-refractivity contribution >= 4 is 27.0 Å². The fourth-order valence-electron chi connectivity index (χ4n) is 6.14. The molecule has 2 atom stereocenters. The van der Waals surface area contributed by atoms with Gasteiger partial charge in [-0.2, -0.15) is 0 Å². The second kappa shape index (κ2) is 17.3. The zero-order valence-corrected chi connectivity index (χ0v) is 31.9. The average Bonchev–Trinajstić information content (AvgIpc) is 3.06. The highest BCUT2D eigenvalue weighted by molar-refractivity contribution is 6.99. The molecule has 0 saturated carbocycles. The van der Waals surface area contributed by atoms with Crippen molar-refractivity contribution in [1.82, 2.24) is 0 Å². The number of benzene rings is 4. The fraction of sp³-hybridized carbons (Fsp3) is 0.366. The number of hydrogen-bond donors (Lipinski definition) is 0. The zero-order valence-electron chi connectivity index (χ0n) is 29.9. The van der Waals surface area contributed by atoms with Gasteiger partial charge in [0.25, 0.3) is 8.32 Å². The minimum absolute atomic E-state index is 0.182. The lowest BCUT2D eigenvalue weighted by atomic mass is 10.1. The summed E-state index contributed by atoms with van der Waals surface area (Å²) in [6.07, 6.45) is 0.708. The molecule has 0 heterocycles. The van der Waals surface area contributed by atoms with Crippen molar-refractivity contribution in [2.24, 2.45) is 0 Å². The van der Waals surface area contributed by atoms with E-state index in [1.165, 1.54) is 10.4 Å². The molecule has 4 aromatic rings. The molecule has 4 aromatic carbocycles. The first kappa shape index (κ1) is 37.4. The third-order valence-electron chi connectivity index (χ3n) is 8.25. The van der Waals surface area contributed by atoms with E-state index in [0.717, 1.165) is 22.6 Å². The summed E-state index contributed by atoms with van der Waals surface area (Å²) in [5.74, 6) is 1.58. The summed E-state index contributed by atoms with van der Waals surface area (Å²) < 4.78 is 32.5. The quantitative estimate of drug-likeness (QED) is 0.0775. The third-order valence-corrected chi connectivity index (χ3v) is 14.2. The maximum atomic E-state index is 7.70. The molecule has 0 radical (unpaired) electrons. The van der Waals surface area contributed by atoms with Crippen LogP contribution in [0.5, 0.6) is 5.75 Å². The summed E-state index contributed by atoms with van der Waals surface area (Å²) in [6.45, 7) is 19.3. The van der Waals surface area contributed by atoms with Gasteiger partial charge in [-0.3, -0.25) is 0 Å². The number of rotatable bonds is 18. The van der Waals surface area contributed by atoms with Gasteiger partial charge in [-0.05, 0) is 58.3 Å². The largest absolute Gasteiger partial charge is 0.548 e. The van der Waals surface area contributed by atoms with E-state index in [1.807, 2.05) is 42.5 Å². The topological polar surface area (TPSA) is 46.2 Å². The summed E-state index contributed by atoms with van der Waals surface area (Å²) in [5, 5.41) is 2.29. The highest BCUT2D eigenvalue weighted by Gasteiger charge is 2.51. The Bertz CT molecular complexity index is 1480. The minimum Gasteiger partial charge on any atom is -0.548 e. The zero-order chi connectivity index (χ0) is 34.6. The first-order valence-corrected chi connectivity index (χ1v) is 22.2. The van der Waals surface area contributed by atoms with Crippen molar-refractivity contribution in [2.75, 3.05) is 13.7 Å². The Hall–Kier alpha value is -3.47. The van der Waals surface area contributed by atoms with Gasteiger partial charge in [0.05, 0.1) is 44.9 Å². The van der Waals surface area contributed by atoms with Crippen LogP contribution in [-0.2, 0) is 31.5 Å². The van der Waals surface area contributed by atoms with Gasteiger partial charge in [0.2, 0.25) is 8.32 Å². The van der Waals surface area contributed by atoms with Crippen LogP contribution in [0.15, 0.2) is 128 Å². The highest BCUT2D eigenvalue weighted by Crippen LogP contribution is 2.39. The molecule has 5 nitrogen and oxygen atoms in total. The smallest absolute Gasteiger partial charge is 0.261 e. The third kappa shape index (κ3) is 10.8. The molecule has 48 heavy (non-hydrogen) atoms. The van der Waals surface area contributed by atoms with E-state index >= 15 is 0 Å². The Morgan fingerprint density at radius 3 is 1.71 bits per heavy atom. The van der Waals surface area contributed by atoms with Crippen LogP contribution in [0.3, 0.4) is 0 Å². The Kier molecular flexibility index (Phi) is 13.4. The van der Waals surface area contributed by atoms with E-state index in [0.29, 0.717) is 32.7 Å². The number of methoxy groups -OCH3 is 1. The van der Waals surface area contributed by atoms with Crippen LogP contribution >= 0.6 is 0 Å². The lowest BCUT2D eigenvalue weighted by Gasteiger charge is -2.45. The standard InChI is InChI=1S/C41H54O5Si2/c1-33(45-47(6,7)8)28-37(46-48(41(2,3)4,39-20-14-10-15-21-39)40-22-16-11-17-23-40)29-38(32-43-30-34-18-12-9-13-19-34)44-31-35-24-26-36(42-5)27-25-35/h9-27,37-38H,1,28-32H2,2-8H3/t37-,38-/m1/s1. The van der Waals surface area contributed by atoms with Gasteiger partial charge in [0.15, 0.2) is 0 Å². The monoisotopic (exact) mass is 682 g/mol. The molecule has 0 spiro atoms. The average molecular weight is 683 g/mol. The lowest BCUT2D eigenvalue weighted by Crippen LogP contribution is -2.67. The van der Waals surface area contributed by atoms with E-state index in [4.69, 9.17) is 23.1 Å². The van der Waals surface area contributed by atoms with Gasteiger partial charge in [0, 0.05) is 12.8 Å². The minimum atomic E-state index is -2.88. The molecule has 0 aliphatic carbocycles. The Morgan fingerprint density at radius 2 is 1.21 bits per heavy atom. The molecule has 0 unspecified atom stereocenters. The van der Waals surface area contributed by atoms with Gasteiger partial charge in [-0.15, -0.1) is 0 Å². The second-order valence-electron chi connectivity index (χ2n) is 14.4. The van der Waals surface area contributed by atoms with Crippen molar-refractivity contribution in [1.29, 1.82) is 0 Å². The van der Waals surface area contributed by atoms with E-state index in [2.05, 4.69) is 120 Å². The van der Waals surface area contributed by atoms with E-state index in [9.17, 15) is 0 Å². The first-order chi connectivity index (χ1) is 22.9. The number of ether oxygens (including phenoxy) is 3. The van der Waals surface area contributed by atoms with Crippen LogP contribution < -0.4 is 15.1 Å². The Balaban J connectivity index is 1.70. The molecule has 0 fully saturated rings. The van der Waals surface area contributed by atoms with E-state index in [-0.39, 0.29) is 17.2 Å². The predicted molar refractivity (Wildman–Crippen MR) is 203 cm³/mol. The van der Waals surface area contributed by atoms with Crippen molar-refractivity contribution in [3.05, 3.63) is 139 Å². The summed E-state index contributed by atoms with van der Waals surface area (Å²) >= 11 is 0. The van der Waals surface area contributed by atoms with Crippen LogP contribution in [0.25, 0.3) is 0 Å². The van der Waals surface area contributed by atoms with Crippen molar-refractivity contribution in [3.8, 4) is 5.75 Å². The summed E-state index contributed by atoms with van der Waals surface area (Å²) in [7, 11) is -3.09. The molecule has 0 saturated heterocycles. The molecular formula is C41H54O5Si2. The van der Waals surface area contributed by atoms with Crippen molar-refractivity contribution in [2.45, 2.75) is 83.7 Å². The van der Waals surface area contributed by atoms with Crippen LogP contribution in [0.4, 0.5) is 0 Å². The molecular weight excluding hydrogens is 629 g/mol. The molecule has 0 aliphatic rings. The molecule has 0 amide bonds. The summed E-state index contributed by atoms with van der Waals surface area (Å²) in [6, 6.07) is 39.8. The van der Waals surface area contributed by atoms with Crippen molar-refractivity contribution in [3.63, 3.8) is 0 Å². The van der Waals surface area contributed by atoms with E-state index in [1.54, 1.807) is 7.11 Å². The van der Waals surface area contributed by atoms with Gasteiger partial charge in [-0.1, -0.05) is 130 Å². The van der Waals surface area contributed by atoms with Gasteiger partial charge in [-0.25, -0.2) is 0 Å². The maximum absolute atomic E-state index is 7.70. The van der Waals surface area contributed by atoms with Gasteiger partial charge >= 0.3 is 0 Å². The van der Waals surface area contributed by atoms with Gasteiger partial charge in [0.1, 0.15) is 5.75 Å². The maximum Gasteiger partial charge on any atom is 0.261 e. The fourth-order valence-corrected chi connectivity index (χ4v) is 11.8. The van der Waals surface area contributed by atoms with E-state index < -0.39 is 16.6 Å². The summed E-state index contributed by atoms with van der Waals surface area (Å²) in [5.41, 5.74) is 2.20. The molecule has 256 valence electrons. The molecule has 0 bridgehead atoms. The first-order valence-electron chi connectivity index (χ1n) is 16.9. The van der Waals surface area contributed by atoms with Gasteiger partial charge < -0.3 is 23.1 Å². The lowest BCUT2D eigenvalue weighted by molar-refractivity contribution is -0.0493. The highest BCUT2D eigenvalue weighted by atomic mass is 28.4. The predicted octanol–water partition coefficient (Wildman–Crippen LogP) is 8.89. The molecule has 4 rings (SSSR count). The number of hydrogen-bond acceptors (Lipinski definition) is 5. The molecule has 0 aliphatic heterocycles. The van der Waals surface area contributed by atoms with Crippen LogP contribution in [0.1, 0.15) is 44.7 Å². The normalized spacial score (nSPS) is 13.5. The molecule has 0 N–H and O–H groups in total. The summed E-state index contributed by atoms with van der Waals surface area (Å²) in [4.78, 5) is 0. The van der Waals surface area contributed by atoms with Crippen LogP contribution in [0.2, 0.25) is 24.7 Å². The van der Waals surface area contributed by atoms with Crippen LogP contribution in [-0.4, -0.2) is 42.6 Å². The SMILES string of the molecule is C=C(C[C@H](C[C@H](COCc1ccccc1)OCc1ccc(OC)cc1)O[Si](c1ccccc1)(c1ccccc1)C(C)(C)C)O[Si](C)(C)C. The van der Waals surface area contributed by atoms with Crippen LogP contribution in [0, 0.1) is 0 Å². The van der Waals surface area contributed by atoms with Crippen molar-refractivity contribution < 1.29 is 23.1 Å².